The number of methoxy groups -OCH3 is 1. The SMILES string of the molecule is CCC(=O)Nc1ccc(C(=O)NCCNC(=O)Cn2cnc(-c3ccc(OC)cc3)cc2=O)cc1. The number of aromatic nitrogens is 2. The molecule has 182 valence electrons. The summed E-state index contributed by atoms with van der Waals surface area (Å²) < 4.78 is 6.33. The minimum atomic E-state index is -0.378. The minimum absolute atomic E-state index is 0.107. The summed E-state index contributed by atoms with van der Waals surface area (Å²) in [6.45, 7) is 1.97. The Morgan fingerprint density at radius 1 is 0.943 bits per heavy atom. The van der Waals surface area contributed by atoms with E-state index in [-0.39, 0.29) is 42.9 Å². The van der Waals surface area contributed by atoms with E-state index in [1.807, 2.05) is 0 Å². The van der Waals surface area contributed by atoms with Crippen molar-refractivity contribution < 1.29 is 19.1 Å². The van der Waals surface area contributed by atoms with E-state index in [1.165, 1.54) is 17.0 Å². The van der Waals surface area contributed by atoms with E-state index in [4.69, 9.17) is 4.74 Å². The van der Waals surface area contributed by atoms with E-state index in [0.29, 0.717) is 29.1 Å². The van der Waals surface area contributed by atoms with Crippen LogP contribution < -0.4 is 26.2 Å². The lowest BCUT2D eigenvalue weighted by molar-refractivity contribution is -0.121. The topological polar surface area (TPSA) is 131 Å². The molecule has 0 unspecified atom stereocenters. The predicted octanol–water partition coefficient (Wildman–Crippen LogP) is 1.81. The van der Waals surface area contributed by atoms with Gasteiger partial charge in [0.2, 0.25) is 11.8 Å². The maximum atomic E-state index is 12.4. The Kier molecular flexibility index (Phi) is 8.71. The molecule has 0 bridgehead atoms. The molecular formula is C25H27N5O5. The van der Waals surface area contributed by atoms with Gasteiger partial charge in [-0.05, 0) is 48.5 Å². The largest absolute Gasteiger partial charge is 0.497 e. The fraction of sp³-hybridized carbons (Fsp3) is 0.240. The number of carbonyl (C=O) groups excluding carboxylic acids is 3. The molecule has 0 saturated heterocycles. The van der Waals surface area contributed by atoms with Gasteiger partial charge >= 0.3 is 0 Å². The lowest BCUT2D eigenvalue weighted by Gasteiger charge is -2.09. The second kappa shape index (κ2) is 12.1. The fourth-order valence-electron chi connectivity index (χ4n) is 3.11. The van der Waals surface area contributed by atoms with Crippen molar-refractivity contribution in [2.24, 2.45) is 0 Å². The lowest BCUT2D eigenvalue weighted by atomic mass is 10.1. The Morgan fingerprint density at radius 3 is 2.26 bits per heavy atom. The molecule has 10 heteroatoms. The van der Waals surface area contributed by atoms with Gasteiger partial charge in [-0.25, -0.2) is 4.98 Å². The van der Waals surface area contributed by atoms with E-state index in [1.54, 1.807) is 62.6 Å². The third-order valence-corrected chi connectivity index (χ3v) is 5.06. The highest BCUT2D eigenvalue weighted by Crippen LogP contribution is 2.19. The molecule has 35 heavy (non-hydrogen) atoms. The number of hydrogen-bond acceptors (Lipinski definition) is 6. The number of rotatable bonds is 10. The van der Waals surface area contributed by atoms with Gasteiger partial charge in [-0.2, -0.15) is 0 Å². The van der Waals surface area contributed by atoms with Crippen molar-refractivity contribution in [1.29, 1.82) is 0 Å². The first-order valence-electron chi connectivity index (χ1n) is 11.1. The molecule has 0 aliphatic heterocycles. The molecule has 0 radical (unpaired) electrons. The van der Waals surface area contributed by atoms with Gasteiger partial charge in [-0.1, -0.05) is 6.92 Å². The summed E-state index contributed by atoms with van der Waals surface area (Å²) in [4.78, 5) is 52.5. The monoisotopic (exact) mass is 477 g/mol. The molecule has 10 nitrogen and oxygen atoms in total. The van der Waals surface area contributed by atoms with Crippen LogP contribution >= 0.6 is 0 Å². The smallest absolute Gasteiger partial charge is 0.254 e. The Morgan fingerprint density at radius 2 is 1.63 bits per heavy atom. The molecule has 3 rings (SSSR count). The molecule has 0 aliphatic carbocycles. The minimum Gasteiger partial charge on any atom is -0.497 e. The molecule has 0 fully saturated rings. The molecule has 0 atom stereocenters. The molecule has 3 aromatic rings. The Bertz CT molecular complexity index is 1240. The highest BCUT2D eigenvalue weighted by molar-refractivity contribution is 5.95. The quantitative estimate of drug-likeness (QED) is 0.382. The van der Waals surface area contributed by atoms with E-state index in [9.17, 15) is 19.2 Å². The molecule has 3 N–H and O–H groups in total. The maximum absolute atomic E-state index is 12.4. The Balaban J connectivity index is 1.44. The molecule has 1 aromatic heterocycles. The average Bonchev–Trinajstić information content (AvgIpc) is 2.88. The van der Waals surface area contributed by atoms with Crippen LogP contribution in [0.3, 0.4) is 0 Å². The van der Waals surface area contributed by atoms with Crippen molar-refractivity contribution in [3.63, 3.8) is 0 Å². The number of nitrogens with one attached hydrogen (secondary N) is 3. The summed E-state index contributed by atoms with van der Waals surface area (Å²) in [5.74, 6) is -0.0899. The molecule has 0 spiro atoms. The van der Waals surface area contributed by atoms with Crippen LogP contribution in [0.5, 0.6) is 5.75 Å². The van der Waals surface area contributed by atoms with E-state index < -0.39 is 0 Å². The van der Waals surface area contributed by atoms with Gasteiger partial charge < -0.3 is 20.7 Å². The van der Waals surface area contributed by atoms with Gasteiger partial charge in [-0.3, -0.25) is 23.7 Å². The summed E-state index contributed by atoms with van der Waals surface area (Å²) in [6, 6.07) is 15.0. The Hall–Kier alpha value is -4.47. The van der Waals surface area contributed by atoms with Crippen molar-refractivity contribution in [3.8, 4) is 17.0 Å². The summed E-state index contributed by atoms with van der Waals surface area (Å²) in [5, 5.41) is 8.07. The molecule has 1 heterocycles. The van der Waals surface area contributed by atoms with Crippen LogP contribution in [-0.4, -0.2) is 47.5 Å². The van der Waals surface area contributed by atoms with Crippen LogP contribution in [0.2, 0.25) is 0 Å². The maximum Gasteiger partial charge on any atom is 0.254 e. The number of anilines is 1. The van der Waals surface area contributed by atoms with Crippen molar-refractivity contribution in [3.05, 3.63) is 76.8 Å². The second-order valence-electron chi connectivity index (χ2n) is 7.55. The summed E-state index contributed by atoms with van der Waals surface area (Å²) in [7, 11) is 1.57. The highest BCUT2D eigenvalue weighted by Gasteiger charge is 2.09. The van der Waals surface area contributed by atoms with Crippen molar-refractivity contribution in [1.82, 2.24) is 20.2 Å². The summed E-state index contributed by atoms with van der Waals surface area (Å²) in [5.41, 5.74) is 1.95. The number of benzene rings is 2. The van der Waals surface area contributed by atoms with Crippen molar-refractivity contribution >= 4 is 23.4 Å². The normalized spacial score (nSPS) is 10.3. The zero-order chi connectivity index (χ0) is 25.2. The first kappa shape index (κ1) is 25.2. The van der Waals surface area contributed by atoms with Crippen LogP contribution in [0.25, 0.3) is 11.3 Å². The van der Waals surface area contributed by atoms with E-state index in [0.717, 1.165) is 5.56 Å². The lowest BCUT2D eigenvalue weighted by Crippen LogP contribution is -2.37. The van der Waals surface area contributed by atoms with Crippen molar-refractivity contribution in [2.75, 3.05) is 25.5 Å². The fourth-order valence-corrected chi connectivity index (χ4v) is 3.11. The van der Waals surface area contributed by atoms with Gasteiger partial charge in [0.15, 0.2) is 0 Å². The van der Waals surface area contributed by atoms with Gasteiger partial charge in [0.1, 0.15) is 12.3 Å². The molecule has 0 saturated carbocycles. The number of nitrogens with zero attached hydrogens (tertiary/aromatic N) is 2. The zero-order valence-electron chi connectivity index (χ0n) is 19.5. The number of carbonyl (C=O) groups is 3. The van der Waals surface area contributed by atoms with Crippen molar-refractivity contribution in [2.45, 2.75) is 19.9 Å². The first-order chi connectivity index (χ1) is 16.9. The van der Waals surface area contributed by atoms with Gasteiger partial charge in [-0.15, -0.1) is 0 Å². The molecule has 2 aromatic carbocycles. The standard InChI is InChI=1S/C25H27N5O5/c1-3-22(31)29-19-8-4-18(5-9-19)25(34)27-13-12-26-23(32)15-30-16-28-21(14-24(30)33)17-6-10-20(35-2)11-7-17/h4-11,14,16H,3,12-13,15H2,1-2H3,(H,26,32)(H,27,34)(H,29,31). The Labute approximate surface area is 202 Å². The average molecular weight is 478 g/mol. The van der Waals surface area contributed by atoms with Crippen LogP contribution in [0.15, 0.2) is 65.7 Å². The number of ether oxygens (including phenoxy) is 1. The third kappa shape index (κ3) is 7.26. The van der Waals surface area contributed by atoms with Crippen LogP contribution in [0.4, 0.5) is 5.69 Å². The number of amides is 3. The highest BCUT2D eigenvalue weighted by atomic mass is 16.5. The molecule has 3 amide bonds. The van der Waals surface area contributed by atoms with Gasteiger partial charge in [0.05, 0.1) is 19.1 Å². The van der Waals surface area contributed by atoms with Crippen LogP contribution in [-0.2, 0) is 16.1 Å². The van der Waals surface area contributed by atoms with E-state index >= 15 is 0 Å². The van der Waals surface area contributed by atoms with Gasteiger partial charge in [0, 0.05) is 42.4 Å². The number of hydrogen-bond donors (Lipinski definition) is 3. The van der Waals surface area contributed by atoms with E-state index in [2.05, 4.69) is 20.9 Å². The summed E-state index contributed by atoms with van der Waals surface area (Å²) >= 11 is 0. The molecule has 0 aliphatic rings. The predicted molar refractivity (Wildman–Crippen MR) is 131 cm³/mol. The zero-order valence-corrected chi connectivity index (χ0v) is 19.5. The third-order valence-electron chi connectivity index (χ3n) is 5.06. The first-order valence-corrected chi connectivity index (χ1v) is 11.1. The van der Waals surface area contributed by atoms with Gasteiger partial charge in [0.25, 0.3) is 11.5 Å². The molecular weight excluding hydrogens is 450 g/mol. The second-order valence-corrected chi connectivity index (χ2v) is 7.55. The van der Waals surface area contributed by atoms with Crippen LogP contribution in [0, 0.1) is 0 Å². The summed E-state index contributed by atoms with van der Waals surface area (Å²) in [6.07, 6.45) is 1.70. The van der Waals surface area contributed by atoms with Crippen LogP contribution in [0.1, 0.15) is 23.7 Å².